The van der Waals surface area contributed by atoms with Gasteiger partial charge in [0, 0.05) is 5.25 Å². The van der Waals surface area contributed by atoms with Crippen LogP contribution in [0.2, 0.25) is 0 Å². The van der Waals surface area contributed by atoms with Crippen molar-refractivity contribution in [2.75, 3.05) is 0 Å². The van der Waals surface area contributed by atoms with Crippen LogP contribution in [0.5, 0.6) is 0 Å². The Labute approximate surface area is 204 Å². The smallest absolute Gasteiger partial charge is 0.748 e. The van der Waals surface area contributed by atoms with Crippen LogP contribution >= 0.6 is 0 Å². The molecule has 2 atom stereocenters. The molecule has 0 amide bonds. The molecule has 0 heterocycles. The maximum atomic E-state index is 11.4. The quantitative estimate of drug-likeness (QED) is 0.167. The topological polar surface area (TPSA) is 77.4 Å². The van der Waals surface area contributed by atoms with Crippen molar-refractivity contribution < 1.29 is 47.6 Å². The summed E-state index contributed by atoms with van der Waals surface area (Å²) in [5.74, 6) is 0. The predicted octanol–water partition coefficient (Wildman–Crippen LogP) is 3.72. The van der Waals surface area contributed by atoms with E-state index in [1.165, 1.54) is 44.9 Å². The normalized spacial score (nSPS) is 13.8. The van der Waals surface area contributed by atoms with Gasteiger partial charge >= 0.3 is 29.6 Å². The van der Waals surface area contributed by atoms with Crippen molar-refractivity contribution in [1.82, 2.24) is 0 Å². The predicted molar refractivity (Wildman–Crippen MR) is 119 cm³/mol. The van der Waals surface area contributed by atoms with Crippen LogP contribution in [0.15, 0.2) is 0 Å². The largest absolute Gasteiger partial charge is 1.00 e. The molecule has 29 heavy (non-hydrogen) atoms. The maximum absolute atomic E-state index is 11.4. The Bertz CT molecular complexity index is 429. The van der Waals surface area contributed by atoms with Gasteiger partial charge in [0.2, 0.25) is 0 Å². The molecule has 0 saturated heterocycles. The molecule has 0 aromatic carbocycles. The van der Waals surface area contributed by atoms with Gasteiger partial charge in [0.15, 0.2) is 0 Å². The van der Waals surface area contributed by atoms with E-state index in [2.05, 4.69) is 13.8 Å². The number of rotatable bonds is 21. The van der Waals surface area contributed by atoms with E-state index < -0.39 is 15.4 Å². The summed E-state index contributed by atoms with van der Waals surface area (Å²) in [6, 6.07) is 0. The third kappa shape index (κ3) is 21.9. The van der Waals surface area contributed by atoms with Crippen molar-refractivity contribution in [3.63, 3.8) is 0 Å². The monoisotopic (exact) mass is 442 g/mol. The molecular weight excluding hydrogens is 395 g/mol. The van der Waals surface area contributed by atoms with E-state index >= 15 is 0 Å². The molecule has 1 N–H and O–H groups in total. The first-order valence-electron chi connectivity index (χ1n) is 12.0. The minimum Gasteiger partial charge on any atom is -0.748 e. The molecule has 6 heteroatoms. The Morgan fingerprint density at radius 2 is 0.931 bits per heavy atom. The first-order valence-corrected chi connectivity index (χ1v) is 13.5. The summed E-state index contributed by atoms with van der Waals surface area (Å²) < 4.78 is 34.1. The molecule has 0 fully saturated rings. The van der Waals surface area contributed by atoms with Gasteiger partial charge in [-0.2, -0.15) is 0 Å². The average Bonchev–Trinajstić information content (AvgIpc) is 2.64. The second-order valence-corrected chi connectivity index (χ2v) is 10.2. The molecule has 0 aliphatic heterocycles. The van der Waals surface area contributed by atoms with E-state index in [1.807, 2.05) is 0 Å². The van der Waals surface area contributed by atoms with Crippen molar-refractivity contribution in [3.05, 3.63) is 0 Å². The van der Waals surface area contributed by atoms with Crippen molar-refractivity contribution in [1.29, 1.82) is 0 Å². The average molecular weight is 443 g/mol. The van der Waals surface area contributed by atoms with E-state index in [1.54, 1.807) is 0 Å². The van der Waals surface area contributed by atoms with Crippen LogP contribution in [0.3, 0.4) is 0 Å². The van der Waals surface area contributed by atoms with Crippen LogP contribution in [-0.2, 0) is 10.1 Å². The summed E-state index contributed by atoms with van der Waals surface area (Å²) in [6.07, 6.45) is 19.7. The van der Waals surface area contributed by atoms with Crippen LogP contribution in [0.25, 0.3) is 0 Å². The third-order valence-corrected chi connectivity index (χ3v) is 7.03. The van der Waals surface area contributed by atoms with Crippen molar-refractivity contribution in [2.24, 2.45) is 0 Å². The fraction of sp³-hybridized carbons (Fsp3) is 1.00. The molecule has 0 saturated carbocycles. The Balaban J connectivity index is 0. The molecule has 170 valence electrons. The minimum absolute atomic E-state index is 0. The first-order chi connectivity index (χ1) is 13.4. The molecule has 0 aliphatic rings. The number of unbranched alkanes of at least 4 members (excludes halogenated alkanes) is 12. The zero-order valence-electron chi connectivity index (χ0n) is 19.7. The van der Waals surface area contributed by atoms with Crippen molar-refractivity contribution >= 4 is 10.1 Å². The zero-order valence-corrected chi connectivity index (χ0v) is 22.5. The second kappa shape index (κ2) is 22.1. The first kappa shape index (κ1) is 32.1. The van der Waals surface area contributed by atoms with Crippen LogP contribution < -0.4 is 29.6 Å². The van der Waals surface area contributed by atoms with Crippen LogP contribution in [0, 0.1) is 0 Å². The van der Waals surface area contributed by atoms with Gasteiger partial charge in [0.05, 0.1) is 16.2 Å². The van der Waals surface area contributed by atoms with Gasteiger partial charge in [-0.25, -0.2) is 8.42 Å². The van der Waals surface area contributed by atoms with E-state index in [0.29, 0.717) is 12.8 Å². The number of aliphatic hydroxyl groups is 1. The van der Waals surface area contributed by atoms with Crippen molar-refractivity contribution in [3.8, 4) is 0 Å². The second-order valence-electron chi connectivity index (χ2n) is 8.52. The molecule has 0 spiro atoms. The summed E-state index contributed by atoms with van der Waals surface area (Å²) in [5.41, 5.74) is 0. The summed E-state index contributed by atoms with van der Waals surface area (Å²) >= 11 is 0. The van der Waals surface area contributed by atoms with Crippen molar-refractivity contribution in [2.45, 2.75) is 147 Å². The SMILES string of the molecule is CCCCCC(O)CCCCCCCCCCCC(CCCCC)S(=O)(=O)[O-].[Na+]. The van der Waals surface area contributed by atoms with Crippen LogP contribution in [0.4, 0.5) is 0 Å². The summed E-state index contributed by atoms with van der Waals surface area (Å²) in [4.78, 5) is 0. The van der Waals surface area contributed by atoms with E-state index in [9.17, 15) is 18.1 Å². The maximum Gasteiger partial charge on any atom is 1.00 e. The number of aliphatic hydroxyl groups excluding tert-OH is 1. The van der Waals surface area contributed by atoms with E-state index in [0.717, 1.165) is 64.2 Å². The van der Waals surface area contributed by atoms with Crippen LogP contribution in [0.1, 0.15) is 136 Å². The molecule has 4 nitrogen and oxygen atoms in total. The summed E-state index contributed by atoms with van der Waals surface area (Å²) in [6.45, 7) is 4.27. The van der Waals surface area contributed by atoms with Gasteiger partial charge in [-0.15, -0.1) is 0 Å². The summed E-state index contributed by atoms with van der Waals surface area (Å²) in [7, 11) is -4.14. The van der Waals surface area contributed by atoms with Crippen LogP contribution in [-0.4, -0.2) is 29.4 Å². The molecule has 0 bridgehead atoms. The molecular formula is C23H47NaO4S. The molecule has 0 aliphatic carbocycles. The Hall–Kier alpha value is 0.870. The Kier molecular flexibility index (Phi) is 24.4. The third-order valence-electron chi connectivity index (χ3n) is 5.74. The molecule has 0 radical (unpaired) electrons. The molecule has 0 aromatic heterocycles. The zero-order chi connectivity index (χ0) is 21.1. The standard InChI is InChI=1S/C23H48O4S.Na/c1-3-5-14-18-22(24)19-16-12-10-8-7-9-11-13-17-21-23(28(25,26)27)20-15-6-4-2;/h22-24H,3-21H2,1-2H3,(H,25,26,27);/q;+1/p-1. The number of hydrogen-bond acceptors (Lipinski definition) is 4. The fourth-order valence-corrected chi connectivity index (χ4v) is 4.73. The molecule has 0 rings (SSSR count). The van der Waals surface area contributed by atoms with Gasteiger partial charge in [0.25, 0.3) is 0 Å². The van der Waals surface area contributed by atoms with E-state index in [4.69, 9.17) is 0 Å². The van der Waals surface area contributed by atoms with Gasteiger partial charge in [-0.1, -0.05) is 110 Å². The van der Waals surface area contributed by atoms with E-state index in [-0.39, 0.29) is 35.7 Å². The van der Waals surface area contributed by atoms with Gasteiger partial charge < -0.3 is 9.66 Å². The Morgan fingerprint density at radius 1 is 0.621 bits per heavy atom. The van der Waals surface area contributed by atoms with Gasteiger partial charge in [-0.3, -0.25) is 0 Å². The number of hydrogen-bond donors (Lipinski definition) is 1. The summed E-state index contributed by atoms with van der Waals surface area (Å²) in [5, 5.41) is 9.22. The minimum atomic E-state index is -4.14. The molecule has 0 aromatic rings. The molecule has 2 unspecified atom stereocenters. The Morgan fingerprint density at radius 3 is 1.31 bits per heavy atom. The van der Waals surface area contributed by atoms with Gasteiger partial charge in [-0.05, 0) is 25.7 Å². The van der Waals surface area contributed by atoms with Gasteiger partial charge in [0.1, 0.15) is 0 Å². The fourth-order valence-electron chi connectivity index (χ4n) is 3.82.